The molecule has 3 heteroatoms. The molecule has 0 aliphatic carbocycles. The third-order valence-corrected chi connectivity index (χ3v) is 3.68. The van der Waals surface area contributed by atoms with Crippen molar-refractivity contribution >= 4 is 33.0 Å². The number of rotatable bonds is 3. The zero-order valence-electron chi connectivity index (χ0n) is 10.5. The van der Waals surface area contributed by atoms with E-state index in [0.29, 0.717) is 11.3 Å². The van der Waals surface area contributed by atoms with Crippen LogP contribution in [0.3, 0.4) is 0 Å². The van der Waals surface area contributed by atoms with Gasteiger partial charge in [0.25, 0.3) is 0 Å². The largest absolute Gasteiger partial charge is 0.456 e. The molecule has 0 amide bonds. The second-order valence-corrected chi connectivity index (χ2v) is 5.24. The molecule has 0 aromatic heterocycles. The van der Waals surface area contributed by atoms with Crippen LogP contribution in [0.25, 0.3) is 10.8 Å². The van der Waals surface area contributed by atoms with Crippen molar-refractivity contribution in [1.82, 2.24) is 0 Å². The molecule has 3 rings (SSSR count). The molecule has 0 aliphatic rings. The van der Waals surface area contributed by atoms with Gasteiger partial charge in [-0.1, -0.05) is 36.4 Å². The van der Waals surface area contributed by atoms with E-state index in [1.807, 2.05) is 42.5 Å². The zero-order valence-corrected chi connectivity index (χ0v) is 12.1. The monoisotopic (exact) mass is 326 g/mol. The normalized spacial score (nSPS) is 10.4. The van der Waals surface area contributed by atoms with Crippen LogP contribution < -0.4 is 4.74 Å². The van der Waals surface area contributed by atoms with E-state index < -0.39 is 0 Å². The number of carbonyl (C=O) groups excluding carboxylic acids is 1. The summed E-state index contributed by atoms with van der Waals surface area (Å²) in [4.78, 5) is 10.7. The topological polar surface area (TPSA) is 26.3 Å². The van der Waals surface area contributed by atoms with Crippen molar-refractivity contribution in [2.75, 3.05) is 0 Å². The van der Waals surface area contributed by atoms with Crippen LogP contribution in [-0.2, 0) is 0 Å². The van der Waals surface area contributed by atoms with Gasteiger partial charge in [-0.05, 0) is 45.6 Å². The highest BCUT2D eigenvalue weighted by Gasteiger charge is 2.06. The fourth-order valence-corrected chi connectivity index (χ4v) is 2.55. The Morgan fingerprint density at radius 2 is 1.70 bits per heavy atom. The quantitative estimate of drug-likeness (QED) is 0.618. The van der Waals surface area contributed by atoms with Crippen molar-refractivity contribution in [2.45, 2.75) is 0 Å². The minimum Gasteiger partial charge on any atom is -0.456 e. The summed E-state index contributed by atoms with van der Waals surface area (Å²) < 4.78 is 6.72. The van der Waals surface area contributed by atoms with Gasteiger partial charge in [-0.2, -0.15) is 0 Å². The van der Waals surface area contributed by atoms with E-state index in [1.165, 1.54) is 0 Å². The van der Waals surface area contributed by atoms with Gasteiger partial charge in [0.1, 0.15) is 17.8 Å². The Hall–Kier alpha value is -2.13. The number of benzene rings is 3. The summed E-state index contributed by atoms with van der Waals surface area (Å²) in [6.07, 6.45) is 0.812. The number of aldehydes is 1. The molecule has 0 spiro atoms. The molecule has 0 N–H and O–H groups in total. The maximum Gasteiger partial charge on any atom is 0.150 e. The fraction of sp³-hybridized carbons (Fsp3) is 0. The molecule has 3 aromatic rings. The highest BCUT2D eigenvalue weighted by atomic mass is 79.9. The Balaban J connectivity index is 2.03. The van der Waals surface area contributed by atoms with Gasteiger partial charge in [-0.15, -0.1) is 0 Å². The van der Waals surface area contributed by atoms with Crippen molar-refractivity contribution in [3.63, 3.8) is 0 Å². The van der Waals surface area contributed by atoms with Gasteiger partial charge in [-0.3, -0.25) is 4.79 Å². The molecule has 0 aliphatic heterocycles. The molecule has 3 aromatic carbocycles. The zero-order chi connectivity index (χ0) is 13.9. The predicted octanol–water partition coefficient (Wildman–Crippen LogP) is 5.21. The van der Waals surface area contributed by atoms with Crippen LogP contribution in [0.15, 0.2) is 65.1 Å². The predicted molar refractivity (Wildman–Crippen MR) is 83.6 cm³/mol. The average molecular weight is 327 g/mol. The SMILES string of the molecule is O=Cc1ccc(Oc2cccc3ccccc23)c(Br)c1. The van der Waals surface area contributed by atoms with Crippen molar-refractivity contribution in [2.24, 2.45) is 0 Å². The summed E-state index contributed by atoms with van der Waals surface area (Å²) in [5, 5.41) is 2.19. The molecular formula is C17H11BrO2. The molecule has 0 saturated carbocycles. The smallest absolute Gasteiger partial charge is 0.150 e. The van der Waals surface area contributed by atoms with E-state index in [9.17, 15) is 4.79 Å². The first-order valence-corrected chi connectivity index (χ1v) is 6.97. The molecule has 0 heterocycles. The van der Waals surface area contributed by atoms with Gasteiger partial charge in [0.2, 0.25) is 0 Å². The lowest BCUT2D eigenvalue weighted by Gasteiger charge is -2.10. The van der Waals surface area contributed by atoms with E-state index >= 15 is 0 Å². The van der Waals surface area contributed by atoms with Crippen LogP contribution >= 0.6 is 15.9 Å². The Labute approximate surface area is 125 Å². The molecule has 98 valence electrons. The molecule has 20 heavy (non-hydrogen) atoms. The highest BCUT2D eigenvalue weighted by Crippen LogP contribution is 2.34. The van der Waals surface area contributed by atoms with Gasteiger partial charge >= 0.3 is 0 Å². The minimum absolute atomic E-state index is 0.613. The Bertz CT molecular complexity index is 776. The summed E-state index contributed by atoms with van der Waals surface area (Å²) in [6, 6.07) is 19.3. The summed E-state index contributed by atoms with van der Waals surface area (Å²) in [6.45, 7) is 0. The summed E-state index contributed by atoms with van der Waals surface area (Å²) in [5.41, 5.74) is 0.613. The second-order valence-electron chi connectivity index (χ2n) is 4.39. The van der Waals surface area contributed by atoms with Gasteiger partial charge in [0.15, 0.2) is 0 Å². The number of hydrogen-bond acceptors (Lipinski definition) is 2. The number of carbonyl (C=O) groups is 1. The standard InChI is InChI=1S/C17H11BrO2/c18-15-10-12(11-19)8-9-17(15)20-16-7-3-5-13-4-1-2-6-14(13)16/h1-11H. The molecule has 0 fully saturated rings. The molecule has 0 bridgehead atoms. The average Bonchev–Trinajstić information content (AvgIpc) is 2.49. The number of ether oxygens (including phenoxy) is 1. The molecule has 0 saturated heterocycles. The van der Waals surface area contributed by atoms with Gasteiger partial charge in [0, 0.05) is 10.9 Å². The number of hydrogen-bond donors (Lipinski definition) is 0. The Kier molecular flexibility index (Phi) is 3.52. The highest BCUT2D eigenvalue weighted by molar-refractivity contribution is 9.10. The summed E-state index contributed by atoms with van der Waals surface area (Å²) >= 11 is 3.43. The van der Waals surface area contributed by atoms with Crippen LogP contribution in [0.1, 0.15) is 10.4 Å². The first-order chi connectivity index (χ1) is 9.78. The van der Waals surface area contributed by atoms with E-state index in [1.54, 1.807) is 18.2 Å². The van der Waals surface area contributed by atoms with E-state index in [0.717, 1.165) is 27.3 Å². The lowest BCUT2D eigenvalue weighted by atomic mass is 10.1. The maximum atomic E-state index is 10.7. The van der Waals surface area contributed by atoms with Crippen LogP contribution in [0.5, 0.6) is 11.5 Å². The minimum atomic E-state index is 0.613. The summed E-state index contributed by atoms with van der Waals surface area (Å²) in [7, 11) is 0. The van der Waals surface area contributed by atoms with E-state index in [4.69, 9.17) is 4.74 Å². The van der Waals surface area contributed by atoms with Gasteiger partial charge < -0.3 is 4.74 Å². The first-order valence-electron chi connectivity index (χ1n) is 6.18. The third-order valence-electron chi connectivity index (χ3n) is 3.06. The fourth-order valence-electron chi connectivity index (χ4n) is 2.08. The number of fused-ring (bicyclic) bond motifs is 1. The van der Waals surface area contributed by atoms with Crippen LogP contribution in [0.4, 0.5) is 0 Å². The van der Waals surface area contributed by atoms with Crippen LogP contribution in [-0.4, -0.2) is 6.29 Å². The molecular weight excluding hydrogens is 316 g/mol. The van der Waals surface area contributed by atoms with E-state index in [-0.39, 0.29) is 0 Å². The van der Waals surface area contributed by atoms with Gasteiger partial charge in [0.05, 0.1) is 4.47 Å². The molecule has 0 atom stereocenters. The van der Waals surface area contributed by atoms with Gasteiger partial charge in [-0.25, -0.2) is 0 Å². The van der Waals surface area contributed by atoms with Crippen LogP contribution in [0, 0.1) is 0 Å². The van der Waals surface area contributed by atoms with Crippen molar-refractivity contribution < 1.29 is 9.53 Å². The van der Waals surface area contributed by atoms with E-state index in [2.05, 4.69) is 15.9 Å². The van der Waals surface area contributed by atoms with Crippen molar-refractivity contribution in [3.8, 4) is 11.5 Å². The van der Waals surface area contributed by atoms with Crippen molar-refractivity contribution in [1.29, 1.82) is 0 Å². The Morgan fingerprint density at radius 3 is 2.50 bits per heavy atom. The number of halogens is 1. The first kappa shape index (κ1) is 12.9. The summed E-state index contributed by atoms with van der Waals surface area (Å²) in [5.74, 6) is 1.48. The Morgan fingerprint density at radius 1 is 0.900 bits per heavy atom. The molecule has 0 unspecified atom stereocenters. The van der Waals surface area contributed by atoms with Crippen LogP contribution in [0.2, 0.25) is 0 Å². The second kappa shape index (κ2) is 5.47. The molecule has 2 nitrogen and oxygen atoms in total. The third kappa shape index (κ3) is 2.45. The molecule has 0 radical (unpaired) electrons. The lowest BCUT2D eigenvalue weighted by Crippen LogP contribution is -1.88. The van der Waals surface area contributed by atoms with Crippen molar-refractivity contribution in [3.05, 3.63) is 70.7 Å². The maximum absolute atomic E-state index is 10.7. The lowest BCUT2D eigenvalue weighted by molar-refractivity contribution is 0.112.